The standard InChI is InChI=1S/C16H14BrN5/c17-13-4-3-11-8-21(9-12(11)7-13)15-6-5-14-18-19-16(10-1-2-10)22(14)20-15/h3-7,10H,1-2,8-9H2. The zero-order chi connectivity index (χ0) is 14.7. The number of nitrogens with zero attached hydrogens (tertiary/aromatic N) is 5. The Morgan fingerprint density at radius 3 is 2.73 bits per heavy atom. The van der Waals surface area contributed by atoms with Crippen LogP contribution in [-0.4, -0.2) is 19.8 Å². The number of benzene rings is 1. The van der Waals surface area contributed by atoms with Crippen LogP contribution in [0.4, 0.5) is 5.82 Å². The third kappa shape index (κ3) is 1.94. The van der Waals surface area contributed by atoms with Crippen LogP contribution in [0.2, 0.25) is 0 Å². The van der Waals surface area contributed by atoms with E-state index in [-0.39, 0.29) is 0 Å². The molecule has 0 radical (unpaired) electrons. The molecule has 22 heavy (non-hydrogen) atoms. The van der Waals surface area contributed by atoms with E-state index < -0.39 is 0 Å². The molecule has 0 saturated heterocycles. The molecule has 0 spiro atoms. The van der Waals surface area contributed by atoms with E-state index in [1.807, 2.05) is 16.6 Å². The van der Waals surface area contributed by atoms with Gasteiger partial charge in [-0.1, -0.05) is 22.0 Å². The zero-order valence-electron chi connectivity index (χ0n) is 11.9. The first-order chi connectivity index (χ1) is 10.8. The minimum atomic E-state index is 0.546. The smallest absolute Gasteiger partial charge is 0.178 e. The summed E-state index contributed by atoms with van der Waals surface area (Å²) in [5.41, 5.74) is 3.57. The van der Waals surface area contributed by atoms with Gasteiger partial charge in [0.15, 0.2) is 11.5 Å². The molecule has 5 nitrogen and oxygen atoms in total. The van der Waals surface area contributed by atoms with Gasteiger partial charge in [-0.3, -0.25) is 0 Å². The maximum Gasteiger partial charge on any atom is 0.178 e. The van der Waals surface area contributed by atoms with Gasteiger partial charge < -0.3 is 4.90 Å². The quantitative estimate of drug-likeness (QED) is 0.707. The Morgan fingerprint density at radius 1 is 1.00 bits per heavy atom. The van der Waals surface area contributed by atoms with E-state index in [4.69, 9.17) is 5.10 Å². The first-order valence-electron chi connectivity index (χ1n) is 7.52. The Hall–Kier alpha value is -1.95. The average Bonchev–Trinajstić information content (AvgIpc) is 3.14. The van der Waals surface area contributed by atoms with Crippen LogP contribution < -0.4 is 4.90 Å². The third-order valence-electron chi connectivity index (χ3n) is 4.43. The molecule has 2 aliphatic rings. The highest BCUT2D eigenvalue weighted by atomic mass is 79.9. The fourth-order valence-corrected chi connectivity index (χ4v) is 3.49. The summed E-state index contributed by atoms with van der Waals surface area (Å²) in [5.74, 6) is 2.54. The van der Waals surface area contributed by atoms with E-state index in [1.165, 1.54) is 24.0 Å². The highest BCUT2D eigenvalue weighted by Gasteiger charge is 2.29. The predicted molar refractivity (Wildman–Crippen MR) is 86.8 cm³/mol. The molecule has 1 fully saturated rings. The van der Waals surface area contributed by atoms with Crippen molar-refractivity contribution >= 4 is 27.4 Å². The summed E-state index contributed by atoms with van der Waals surface area (Å²) in [5, 5.41) is 13.3. The molecular weight excluding hydrogens is 342 g/mol. The van der Waals surface area contributed by atoms with Gasteiger partial charge in [-0.25, -0.2) is 0 Å². The van der Waals surface area contributed by atoms with Gasteiger partial charge >= 0.3 is 0 Å². The molecule has 6 heteroatoms. The molecule has 1 aromatic carbocycles. The summed E-state index contributed by atoms with van der Waals surface area (Å²) in [4.78, 5) is 2.30. The number of fused-ring (bicyclic) bond motifs is 2. The normalized spacial score (nSPS) is 17.2. The van der Waals surface area contributed by atoms with Crippen molar-refractivity contribution in [1.82, 2.24) is 19.8 Å². The number of halogens is 1. The Kier molecular flexibility index (Phi) is 2.59. The van der Waals surface area contributed by atoms with Gasteiger partial charge in [-0.2, -0.15) is 4.52 Å². The van der Waals surface area contributed by atoms with Crippen LogP contribution in [0, 0.1) is 0 Å². The SMILES string of the molecule is Brc1ccc2c(c1)CN(c1ccc3nnc(C4CC4)n3n1)C2. The Labute approximate surface area is 136 Å². The van der Waals surface area contributed by atoms with Crippen LogP contribution >= 0.6 is 15.9 Å². The van der Waals surface area contributed by atoms with E-state index >= 15 is 0 Å². The molecule has 0 N–H and O–H groups in total. The second kappa shape index (κ2) is 4.52. The summed E-state index contributed by atoms with van der Waals surface area (Å²) in [6.45, 7) is 1.80. The fraction of sp³-hybridized carbons (Fsp3) is 0.312. The molecule has 2 aromatic heterocycles. The highest BCUT2D eigenvalue weighted by Crippen LogP contribution is 2.39. The van der Waals surface area contributed by atoms with Crippen molar-refractivity contribution in [2.75, 3.05) is 4.90 Å². The van der Waals surface area contributed by atoms with Crippen LogP contribution in [0.1, 0.15) is 35.7 Å². The molecule has 110 valence electrons. The Morgan fingerprint density at radius 2 is 1.86 bits per heavy atom. The highest BCUT2D eigenvalue weighted by molar-refractivity contribution is 9.10. The van der Waals surface area contributed by atoms with Gasteiger partial charge in [0.2, 0.25) is 0 Å². The lowest BCUT2D eigenvalue weighted by atomic mass is 10.1. The maximum absolute atomic E-state index is 4.79. The summed E-state index contributed by atoms with van der Waals surface area (Å²) < 4.78 is 3.05. The molecular formula is C16H14BrN5. The predicted octanol–water partition coefficient (Wildman–Crippen LogP) is 3.28. The van der Waals surface area contributed by atoms with Crippen LogP contribution in [-0.2, 0) is 13.1 Å². The lowest BCUT2D eigenvalue weighted by Crippen LogP contribution is -2.17. The van der Waals surface area contributed by atoms with Crippen molar-refractivity contribution in [2.24, 2.45) is 0 Å². The topological polar surface area (TPSA) is 46.3 Å². The van der Waals surface area contributed by atoms with Crippen LogP contribution in [0.5, 0.6) is 0 Å². The molecule has 3 heterocycles. The van der Waals surface area contributed by atoms with Gasteiger partial charge in [0.1, 0.15) is 5.82 Å². The van der Waals surface area contributed by atoms with E-state index in [1.54, 1.807) is 0 Å². The molecule has 0 atom stereocenters. The zero-order valence-corrected chi connectivity index (χ0v) is 13.5. The second-order valence-corrected chi connectivity index (χ2v) is 6.98. The summed E-state index contributed by atoms with van der Waals surface area (Å²) in [6, 6.07) is 10.5. The second-order valence-electron chi connectivity index (χ2n) is 6.06. The third-order valence-corrected chi connectivity index (χ3v) is 4.92. The summed E-state index contributed by atoms with van der Waals surface area (Å²) in [6.07, 6.45) is 2.41. The lowest BCUT2D eigenvalue weighted by Gasteiger charge is -2.16. The van der Waals surface area contributed by atoms with E-state index in [0.717, 1.165) is 34.9 Å². The number of rotatable bonds is 2. The van der Waals surface area contributed by atoms with Crippen molar-refractivity contribution in [3.8, 4) is 0 Å². The van der Waals surface area contributed by atoms with Crippen LogP contribution in [0.3, 0.4) is 0 Å². The van der Waals surface area contributed by atoms with Gasteiger partial charge in [0.25, 0.3) is 0 Å². The monoisotopic (exact) mass is 355 g/mol. The van der Waals surface area contributed by atoms with E-state index in [0.29, 0.717) is 5.92 Å². The van der Waals surface area contributed by atoms with E-state index in [2.05, 4.69) is 49.2 Å². The molecule has 0 unspecified atom stereocenters. The van der Waals surface area contributed by atoms with Gasteiger partial charge in [0.05, 0.1) is 0 Å². The van der Waals surface area contributed by atoms with Gasteiger partial charge in [-0.15, -0.1) is 15.3 Å². The Bertz CT molecular complexity index is 883. The first kappa shape index (κ1) is 12.6. The molecule has 0 bridgehead atoms. The number of aromatic nitrogens is 4. The van der Waals surface area contributed by atoms with Gasteiger partial charge in [0, 0.05) is 23.5 Å². The number of hydrogen-bond donors (Lipinski definition) is 0. The van der Waals surface area contributed by atoms with Gasteiger partial charge in [-0.05, 0) is 48.2 Å². The summed E-state index contributed by atoms with van der Waals surface area (Å²) in [7, 11) is 0. The summed E-state index contributed by atoms with van der Waals surface area (Å²) >= 11 is 3.55. The van der Waals surface area contributed by atoms with Crippen LogP contribution in [0.25, 0.3) is 5.65 Å². The molecule has 0 amide bonds. The van der Waals surface area contributed by atoms with Crippen molar-refractivity contribution in [3.63, 3.8) is 0 Å². The molecule has 1 saturated carbocycles. The van der Waals surface area contributed by atoms with Crippen LogP contribution in [0.15, 0.2) is 34.8 Å². The molecule has 3 aromatic rings. The lowest BCUT2D eigenvalue weighted by molar-refractivity contribution is 0.774. The minimum Gasteiger partial charge on any atom is -0.346 e. The molecule has 1 aliphatic carbocycles. The number of hydrogen-bond acceptors (Lipinski definition) is 4. The fourth-order valence-electron chi connectivity index (χ4n) is 3.09. The minimum absolute atomic E-state index is 0.546. The molecule has 1 aliphatic heterocycles. The number of anilines is 1. The largest absolute Gasteiger partial charge is 0.346 e. The Balaban J connectivity index is 1.53. The van der Waals surface area contributed by atoms with Crippen molar-refractivity contribution in [1.29, 1.82) is 0 Å². The van der Waals surface area contributed by atoms with Crippen molar-refractivity contribution in [2.45, 2.75) is 31.8 Å². The molecule has 5 rings (SSSR count). The average molecular weight is 356 g/mol. The maximum atomic E-state index is 4.79. The first-order valence-corrected chi connectivity index (χ1v) is 8.32. The van der Waals surface area contributed by atoms with Crippen molar-refractivity contribution in [3.05, 3.63) is 51.8 Å². The van der Waals surface area contributed by atoms with E-state index in [9.17, 15) is 0 Å². The van der Waals surface area contributed by atoms with Crippen molar-refractivity contribution < 1.29 is 0 Å².